The van der Waals surface area contributed by atoms with Crippen molar-refractivity contribution in [2.75, 3.05) is 13.2 Å². The van der Waals surface area contributed by atoms with Crippen LogP contribution in [0.25, 0.3) is 0 Å². The van der Waals surface area contributed by atoms with Crippen molar-refractivity contribution in [3.63, 3.8) is 0 Å². The van der Waals surface area contributed by atoms with Gasteiger partial charge in [-0.15, -0.1) is 0 Å². The highest BCUT2D eigenvalue weighted by Gasteiger charge is 2.15. The molecule has 0 bridgehead atoms. The minimum Gasteiger partial charge on any atom is -0.493 e. The topological polar surface area (TPSA) is 42.6 Å². The predicted molar refractivity (Wildman–Crippen MR) is 65.5 cm³/mol. The third kappa shape index (κ3) is 3.25. The molecule has 90 valence electrons. The molecular formula is C13H13ClO3. The maximum atomic E-state index is 9.28. The zero-order chi connectivity index (χ0) is 12.1. The van der Waals surface area contributed by atoms with Crippen molar-refractivity contribution < 1.29 is 14.3 Å². The first-order chi connectivity index (χ1) is 8.29. The fourth-order valence-corrected chi connectivity index (χ4v) is 1.64. The molecule has 1 atom stereocenters. The molecule has 0 amide bonds. The van der Waals surface area contributed by atoms with E-state index in [2.05, 4.69) is 0 Å². The SMILES string of the molecule is OCC(COc1ccccc1)c1ccc(Cl)o1. The van der Waals surface area contributed by atoms with Gasteiger partial charge in [0.1, 0.15) is 18.1 Å². The van der Waals surface area contributed by atoms with Gasteiger partial charge < -0.3 is 14.3 Å². The third-order valence-corrected chi connectivity index (χ3v) is 2.61. The van der Waals surface area contributed by atoms with Crippen LogP contribution in [0.15, 0.2) is 46.9 Å². The van der Waals surface area contributed by atoms with Gasteiger partial charge in [-0.25, -0.2) is 0 Å². The summed E-state index contributed by atoms with van der Waals surface area (Å²) in [6.45, 7) is 0.307. The lowest BCUT2D eigenvalue weighted by Crippen LogP contribution is -2.13. The quantitative estimate of drug-likeness (QED) is 0.889. The van der Waals surface area contributed by atoms with Gasteiger partial charge in [-0.1, -0.05) is 18.2 Å². The summed E-state index contributed by atoms with van der Waals surface area (Å²) in [7, 11) is 0. The van der Waals surface area contributed by atoms with Gasteiger partial charge in [0.2, 0.25) is 0 Å². The monoisotopic (exact) mass is 252 g/mol. The molecule has 17 heavy (non-hydrogen) atoms. The number of halogens is 1. The van der Waals surface area contributed by atoms with E-state index in [-0.39, 0.29) is 12.5 Å². The van der Waals surface area contributed by atoms with Crippen LogP contribution in [0.4, 0.5) is 0 Å². The second-order valence-corrected chi connectivity index (χ2v) is 4.02. The normalized spacial score (nSPS) is 12.4. The zero-order valence-electron chi connectivity index (χ0n) is 9.17. The highest BCUT2D eigenvalue weighted by Crippen LogP contribution is 2.22. The van der Waals surface area contributed by atoms with Gasteiger partial charge in [-0.3, -0.25) is 0 Å². The highest BCUT2D eigenvalue weighted by atomic mass is 35.5. The van der Waals surface area contributed by atoms with Crippen molar-refractivity contribution in [3.8, 4) is 5.75 Å². The fraction of sp³-hybridized carbons (Fsp3) is 0.231. The van der Waals surface area contributed by atoms with E-state index in [0.717, 1.165) is 5.75 Å². The smallest absolute Gasteiger partial charge is 0.193 e. The minimum atomic E-state index is -0.206. The summed E-state index contributed by atoms with van der Waals surface area (Å²) < 4.78 is 10.8. The maximum absolute atomic E-state index is 9.28. The van der Waals surface area contributed by atoms with E-state index >= 15 is 0 Å². The molecular weight excluding hydrogens is 240 g/mol. The van der Waals surface area contributed by atoms with Crippen LogP contribution in [0.3, 0.4) is 0 Å². The third-order valence-electron chi connectivity index (χ3n) is 2.41. The van der Waals surface area contributed by atoms with Crippen LogP contribution in [-0.4, -0.2) is 18.3 Å². The number of rotatable bonds is 5. The number of aliphatic hydroxyl groups is 1. The molecule has 0 aliphatic carbocycles. The average molecular weight is 253 g/mol. The van der Waals surface area contributed by atoms with E-state index in [1.165, 1.54) is 0 Å². The fourth-order valence-electron chi connectivity index (χ4n) is 1.49. The molecule has 0 saturated carbocycles. The molecule has 2 aromatic rings. The minimum absolute atomic E-state index is 0.0450. The Bertz CT molecular complexity index is 453. The number of ether oxygens (including phenoxy) is 1. The second-order valence-electron chi connectivity index (χ2n) is 3.65. The Morgan fingerprint density at radius 3 is 2.53 bits per heavy atom. The zero-order valence-corrected chi connectivity index (χ0v) is 9.93. The summed E-state index contributed by atoms with van der Waals surface area (Å²) in [4.78, 5) is 0. The summed E-state index contributed by atoms with van der Waals surface area (Å²) in [5, 5.41) is 9.60. The van der Waals surface area contributed by atoms with Crippen LogP contribution in [-0.2, 0) is 0 Å². The van der Waals surface area contributed by atoms with Crippen molar-refractivity contribution >= 4 is 11.6 Å². The van der Waals surface area contributed by atoms with Crippen molar-refractivity contribution in [1.82, 2.24) is 0 Å². The molecule has 0 fully saturated rings. The molecule has 0 radical (unpaired) electrons. The van der Waals surface area contributed by atoms with E-state index < -0.39 is 0 Å². The van der Waals surface area contributed by atoms with Crippen LogP contribution in [0, 0.1) is 0 Å². The molecule has 2 rings (SSSR count). The van der Waals surface area contributed by atoms with Gasteiger partial charge in [0.15, 0.2) is 5.22 Å². The van der Waals surface area contributed by atoms with Crippen LogP contribution in [0.5, 0.6) is 5.75 Å². The van der Waals surface area contributed by atoms with Gasteiger partial charge in [0.25, 0.3) is 0 Å². The highest BCUT2D eigenvalue weighted by molar-refractivity contribution is 6.28. The number of furan rings is 1. The first-order valence-electron chi connectivity index (χ1n) is 5.33. The number of hydrogen-bond acceptors (Lipinski definition) is 3. The van der Waals surface area contributed by atoms with Crippen molar-refractivity contribution in [3.05, 3.63) is 53.4 Å². The molecule has 0 saturated heterocycles. The number of hydrogen-bond donors (Lipinski definition) is 1. The van der Waals surface area contributed by atoms with Crippen LogP contribution in [0.1, 0.15) is 11.7 Å². The lowest BCUT2D eigenvalue weighted by molar-refractivity contribution is 0.190. The molecule has 1 aromatic heterocycles. The summed E-state index contributed by atoms with van der Waals surface area (Å²) >= 11 is 5.69. The largest absolute Gasteiger partial charge is 0.493 e. The first kappa shape index (κ1) is 12.0. The van der Waals surface area contributed by atoms with Crippen LogP contribution < -0.4 is 4.74 Å². The second kappa shape index (κ2) is 5.75. The molecule has 3 nitrogen and oxygen atoms in total. The molecule has 1 N–H and O–H groups in total. The Balaban J connectivity index is 1.97. The maximum Gasteiger partial charge on any atom is 0.193 e. The summed E-state index contributed by atoms with van der Waals surface area (Å²) in [5.41, 5.74) is 0. The Kier molecular flexibility index (Phi) is 4.07. The van der Waals surface area contributed by atoms with E-state index in [9.17, 15) is 5.11 Å². The van der Waals surface area contributed by atoms with Crippen molar-refractivity contribution in [2.45, 2.75) is 5.92 Å². The molecule has 1 unspecified atom stereocenters. The molecule has 0 aliphatic rings. The van der Waals surface area contributed by atoms with Crippen LogP contribution >= 0.6 is 11.6 Å². The van der Waals surface area contributed by atoms with Crippen LogP contribution in [0.2, 0.25) is 5.22 Å². The van der Waals surface area contributed by atoms with Gasteiger partial charge >= 0.3 is 0 Å². The van der Waals surface area contributed by atoms with Gasteiger partial charge in [-0.2, -0.15) is 0 Å². The Morgan fingerprint density at radius 2 is 1.94 bits per heavy atom. The van der Waals surface area contributed by atoms with E-state index in [0.29, 0.717) is 17.6 Å². The lowest BCUT2D eigenvalue weighted by Gasteiger charge is -2.12. The number of benzene rings is 1. The van der Waals surface area contributed by atoms with Gasteiger partial charge in [-0.05, 0) is 35.9 Å². The average Bonchev–Trinajstić information content (AvgIpc) is 2.78. The number of aliphatic hydroxyl groups excluding tert-OH is 1. The Hall–Kier alpha value is -1.45. The van der Waals surface area contributed by atoms with E-state index in [1.807, 2.05) is 30.3 Å². The van der Waals surface area contributed by atoms with Crippen molar-refractivity contribution in [1.29, 1.82) is 0 Å². The molecule has 4 heteroatoms. The first-order valence-corrected chi connectivity index (χ1v) is 5.71. The summed E-state index contributed by atoms with van der Waals surface area (Å²) in [5.74, 6) is 1.19. The standard InChI is InChI=1S/C13H13ClO3/c14-13-7-6-12(17-13)10(8-15)9-16-11-4-2-1-3-5-11/h1-7,10,15H,8-9H2. The van der Waals surface area contributed by atoms with E-state index in [1.54, 1.807) is 12.1 Å². The van der Waals surface area contributed by atoms with Crippen molar-refractivity contribution in [2.24, 2.45) is 0 Å². The number of para-hydroxylation sites is 1. The molecule has 1 heterocycles. The van der Waals surface area contributed by atoms with Gasteiger partial charge in [0.05, 0.1) is 12.5 Å². The molecule has 1 aromatic carbocycles. The Labute approximate surface area is 105 Å². The summed E-state index contributed by atoms with van der Waals surface area (Å²) in [6.07, 6.45) is 0. The summed E-state index contributed by atoms with van der Waals surface area (Å²) in [6, 6.07) is 12.8. The Morgan fingerprint density at radius 1 is 1.18 bits per heavy atom. The molecule has 0 spiro atoms. The molecule has 0 aliphatic heterocycles. The van der Waals surface area contributed by atoms with Gasteiger partial charge in [0, 0.05) is 0 Å². The predicted octanol–water partition coefficient (Wildman–Crippen LogP) is 3.09. The van der Waals surface area contributed by atoms with E-state index in [4.69, 9.17) is 20.8 Å². The lowest BCUT2D eigenvalue weighted by atomic mass is 10.1.